The molecule has 0 rings (SSSR count). The first kappa shape index (κ1) is 72.2. The van der Waals surface area contributed by atoms with Gasteiger partial charge < -0.3 is 14.2 Å². The lowest BCUT2D eigenvalue weighted by Gasteiger charge is -2.18. The van der Waals surface area contributed by atoms with Crippen molar-refractivity contribution in [2.75, 3.05) is 13.2 Å². The number of carbonyl (C=O) groups is 3. The zero-order chi connectivity index (χ0) is 56.4. The van der Waals surface area contributed by atoms with Crippen molar-refractivity contribution in [3.05, 3.63) is 194 Å². The normalized spacial score (nSPS) is 13.5. The van der Waals surface area contributed by atoms with Crippen LogP contribution in [0, 0.1) is 0 Å². The lowest BCUT2D eigenvalue weighted by Crippen LogP contribution is -2.30. The number of hydrogen-bond acceptors (Lipinski definition) is 6. The van der Waals surface area contributed by atoms with Gasteiger partial charge in [0.1, 0.15) is 13.2 Å². The zero-order valence-corrected chi connectivity index (χ0v) is 49.3. The molecule has 0 aliphatic carbocycles. The number of allylic oxidation sites excluding steroid dienone is 32. The summed E-state index contributed by atoms with van der Waals surface area (Å²) >= 11 is 0. The van der Waals surface area contributed by atoms with Crippen molar-refractivity contribution in [1.82, 2.24) is 0 Å². The molecule has 0 N–H and O–H groups in total. The summed E-state index contributed by atoms with van der Waals surface area (Å²) in [6.07, 6.45) is 97.2. The Labute approximate surface area is 477 Å². The molecule has 0 saturated heterocycles. The summed E-state index contributed by atoms with van der Waals surface area (Å²) in [6, 6.07) is 0. The average molecular weight is 1070 g/mol. The smallest absolute Gasteiger partial charge is 0.306 e. The van der Waals surface area contributed by atoms with E-state index < -0.39 is 12.1 Å². The highest BCUT2D eigenvalue weighted by molar-refractivity contribution is 5.71. The van der Waals surface area contributed by atoms with Crippen molar-refractivity contribution >= 4 is 17.9 Å². The van der Waals surface area contributed by atoms with Gasteiger partial charge in [0.05, 0.1) is 0 Å². The summed E-state index contributed by atoms with van der Waals surface area (Å²) < 4.78 is 16.8. The standard InChI is InChI=1S/C72H108O6/c1-4-7-10-13-16-19-22-25-28-30-32-33-34-35-36-37-38-39-41-42-44-47-50-53-56-59-62-65-71(74)77-68-69(67-76-70(73)64-61-58-55-52-49-46-27-24-21-18-15-12-9-6-3)78-72(75)66-63-60-57-54-51-48-45-43-40-31-29-26-23-20-17-14-11-8-5-2/h7-8,10-11,15-20,24-29,32-33,35-36,38-40,42-44,48,50-51,53,57,60,69H,4-6,9,12-14,21-23,30-31,34,37,41,45-47,49,52,54-56,58-59,61-68H2,1-3H3/b10-7-,11-8-,18-15-,19-16-,20-17-,27-24-,28-25-,29-26-,33-32-,36-35-,39-38-,43-40-,44-42-,51-48-,53-50-,60-57-. The fourth-order valence-electron chi connectivity index (χ4n) is 7.32. The first-order valence-electron chi connectivity index (χ1n) is 30.4. The summed E-state index contributed by atoms with van der Waals surface area (Å²) in [5.41, 5.74) is 0. The summed E-state index contributed by atoms with van der Waals surface area (Å²) in [7, 11) is 0. The monoisotopic (exact) mass is 1070 g/mol. The third kappa shape index (κ3) is 61.1. The molecule has 0 radical (unpaired) electrons. The van der Waals surface area contributed by atoms with E-state index in [1.54, 1.807) is 0 Å². The topological polar surface area (TPSA) is 78.9 Å². The Kier molecular flexibility index (Phi) is 59.1. The van der Waals surface area contributed by atoms with E-state index in [0.29, 0.717) is 19.3 Å². The molecule has 0 bridgehead atoms. The second-order valence-corrected chi connectivity index (χ2v) is 19.1. The van der Waals surface area contributed by atoms with Gasteiger partial charge in [-0.05, 0) is 148 Å². The van der Waals surface area contributed by atoms with Crippen LogP contribution in [0.25, 0.3) is 0 Å². The third-order valence-corrected chi connectivity index (χ3v) is 11.8. The second kappa shape index (κ2) is 63.8. The van der Waals surface area contributed by atoms with E-state index in [4.69, 9.17) is 14.2 Å². The van der Waals surface area contributed by atoms with Crippen molar-refractivity contribution in [1.29, 1.82) is 0 Å². The van der Waals surface area contributed by atoms with Gasteiger partial charge in [-0.25, -0.2) is 0 Å². The second-order valence-electron chi connectivity index (χ2n) is 19.1. The van der Waals surface area contributed by atoms with Gasteiger partial charge in [-0.1, -0.05) is 247 Å². The van der Waals surface area contributed by atoms with E-state index in [1.165, 1.54) is 19.3 Å². The Balaban J connectivity index is 4.60. The molecule has 0 aromatic heterocycles. The van der Waals surface area contributed by atoms with Crippen molar-refractivity contribution in [2.45, 2.75) is 226 Å². The first-order valence-corrected chi connectivity index (χ1v) is 30.4. The molecule has 0 amide bonds. The van der Waals surface area contributed by atoms with E-state index in [9.17, 15) is 14.4 Å². The molecule has 1 unspecified atom stereocenters. The molecule has 0 aromatic rings. The van der Waals surface area contributed by atoms with Crippen LogP contribution in [0.5, 0.6) is 0 Å². The number of ether oxygens (including phenoxy) is 3. The Morgan fingerprint density at radius 3 is 0.859 bits per heavy atom. The van der Waals surface area contributed by atoms with Gasteiger partial charge in [-0.3, -0.25) is 14.4 Å². The van der Waals surface area contributed by atoms with E-state index in [-0.39, 0.29) is 38.0 Å². The summed E-state index contributed by atoms with van der Waals surface area (Å²) in [5, 5.41) is 0. The molecule has 0 fully saturated rings. The number of carbonyl (C=O) groups excluding carboxylic acids is 3. The molecule has 0 saturated carbocycles. The van der Waals surface area contributed by atoms with E-state index in [0.717, 1.165) is 148 Å². The van der Waals surface area contributed by atoms with E-state index in [2.05, 4.69) is 203 Å². The van der Waals surface area contributed by atoms with Crippen molar-refractivity contribution < 1.29 is 28.6 Å². The minimum Gasteiger partial charge on any atom is -0.462 e. The largest absolute Gasteiger partial charge is 0.462 e. The van der Waals surface area contributed by atoms with Crippen molar-refractivity contribution in [3.63, 3.8) is 0 Å². The Hall–Kier alpha value is -5.75. The molecule has 6 heteroatoms. The Morgan fingerprint density at radius 1 is 0.269 bits per heavy atom. The summed E-state index contributed by atoms with van der Waals surface area (Å²) in [4.78, 5) is 38.2. The zero-order valence-electron chi connectivity index (χ0n) is 49.3. The van der Waals surface area contributed by atoms with Crippen LogP contribution in [0.4, 0.5) is 0 Å². The molecule has 0 spiro atoms. The minimum atomic E-state index is -0.856. The van der Waals surface area contributed by atoms with E-state index >= 15 is 0 Å². The highest BCUT2D eigenvalue weighted by Gasteiger charge is 2.19. The lowest BCUT2D eigenvalue weighted by molar-refractivity contribution is -0.166. The molecule has 78 heavy (non-hydrogen) atoms. The van der Waals surface area contributed by atoms with Crippen LogP contribution >= 0.6 is 0 Å². The molecule has 6 nitrogen and oxygen atoms in total. The summed E-state index contributed by atoms with van der Waals surface area (Å²) in [5.74, 6) is -1.10. The predicted molar refractivity (Wildman–Crippen MR) is 338 cm³/mol. The average Bonchev–Trinajstić information content (AvgIpc) is 3.44. The van der Waals surface area contributed by atoms with E-state index in [1.807, 2.05) is 12.2 Å². The van der Waals surface area contributed by atoms with Gasteiger partial charge in [0.25, 0.3) is 0 Å². The molecule has 0 aliphatic rings. The lowest BCUT2D eigenvalue weighted by atomic mass is 10.1. The van der Waals surface area contributed by atoms with Gasteiger partial charge in [0, 0.05) is 19.3 Å². The highest BCUT2D eigenvalue weighted by atomic mass is 16.6. The van der Waals surface area contributed by atoms with Gasteiger partial charge >= 0.3 is 17.9 Å². The van der Waals surface area contributed by atoms with Gasteiger partial charge in [-0.15, -0.1) is 0 Å². The third-order valence-electron chi connectivity index (χ3n) is 11.8. The molecule has 0 heterocycles. The van der Waals surface area contributed by atoms with Gasteiger partial charge in [0.2, 0.25) is 0 Å². The molecule has 432 valence electrons. The fourth-order valence-corrected chi connectivity index (χ4v) is 7.32. The van der Waals surface area contributed by atoms with Crippen LogP contribution in [-0.2, 0) is 28.6 Å². The SMILES string of the molecule is CC/C=C\C/C=C\C/C=C\C/C=C\C/C=C\C/C=C\C/C=C\C/C=C\CCCCC(=O)OCC(COC(=O)CCCCCCC/C=C\C/C=C\CCCC)OC(=O)CC/C=C\C/C=C\C/C=C\C/C=C\C/C=C\C/C=C\CC. The van der Waals surface area contributed by atoms with Crippen LogP contribution in [-0.4, -0.2) is 37.2 Å². The van der Waals surface area contributed by atoms with Crippen LogP contribution < -0.4 is 0 Å². The maximum atomic E-state index is 12.9. The Bertz CT molecular complexity index is 1900. The molecular formula is C72H108O6. The fraction of sp³-hybridized carbons (Fsp3) is 0.514. The minimum absolute atomic E-state index is 0.140. The summed E-state index contributed by atoms with van der Waals surface area (Å²) in [6.45, 7) is 6.23. The molecule has 0 aromatic carbocycles. The first-order chi connectivity index (χ1) is 38.5. The van der Waals surface area contributed by atoms with Gasteiger partial charge in [-0.2, -0.15) is 0 Å². The predicted octanol–water partition coefficient (Wildman–Crippen LogP) is 21.0. The number of rotatable bonds is 52. The van der Waals surface area contributed by atoms with Crippen molar-refractivity contribution in [2.24, 2.45) is 0 Å². The van der Waals surface area contributed by atoms with Gasteiger partial charge in [0.15, 0.2) is 6.10 Å². The molecule has 0 aliphatic heterocycles. The Morgan fingerprint density at radius 2 is 0.526 bits per heavy atom. The molecular weight excluding hydrogens is 961 g/mol. The van der Waals surface area contributed by atoms with Crippen molar-refractivity contribution in [3.8, 4) is 0 Å². The number of unbranched alkanes of at least 4 members (excludes halogenated alkanes) is 9. The van der Waals surface area contributed by atoms with Crippen LogP contribution in [0.1, 0.15) is 220 Å². The van der Waals surface area contributed by atoms with Crippen LogP contribution in [0.15, 0.2) is 194 Å². The maximum absolute atomic E-state index is 12.9. The number of hydrogen-bond donors (Lipinski definition) is 0. The number of esters is 3. The maximum Gasteiger partial charge on any atom is 0.306 e. The van der Waals surface area contributed by atoms with Crippen LogP contribution in [0.3, 0.4) is 0 Å². The highest BCUT2D eigenvalue weighted by Crippen LogP contribution is 2.11. The quantitative estimate of drug-likeness (QED) is 0.0261. The van der Waals surface area contributed by atoms with Crippen LogP contribution in [0.2, 0.25) is 0 Å². The molecule has 1 atom stereocenters.